The molecule has 0 spiro atoms. The summed E-state index contributed by atoms with van der Waals surface area (Å²) in [6.45, 7) is 0. The number of halogens is 4. The van der Waals surface area contributed by atoms with Crippen LogP contribution in [-0.2, 0) is 0 Å². The number of hydrogen-bond acceptors (Lipinski definition) is 1. The monoisotopic (exact) mass is 267 g/mol. The molecule has 5 heteroatoms. The summed E-state index contributed by atoms with van der Waals surface area (Å²) >= 11 is 3.07. The normalized spacial score (nSPS) is 13.3. The number of nitrogens with two attached hydrogens (primary N) is 1. The van der Waals surface area contributed by atoms with Crippen LogP contribution in [0.1, 0.15) is 18.0 Å². The SMILES string of the molecule is N[C@H](CC(F)F)c1ccc(Br)cc1F. The largest absolute Gasteiger partial charge is 0.324 e. The molecule has 1 aromatic rings. The quantitative estimate of drug-likeness (QED) is 0.894. The highest BCUT2D eigenvalue weighted by molar-refractivity contribution is 9.10. The molecule has 0 amide bonds. The van der Waals surface area contributed by atoms with Crippen LogP contribution in [0.2, 0.25) is 0 Å². The van der Waals surface area contributed by atoms with E-state index in [4.69, 9.17) is 5.73 Å². The summed E-state index contributed by atoms with van der Waals surface area (Å²) in [6, 6.07) is 3.24. The van der Waals surface area contributed by atoms with Gasteiger partial charge in [0.25, 0.3) is 0 Å². The lowest BCUT2D eigenvalue weighted by atomic mass is 10.0. The molecule has 0 heterocycles. The fourth-order valence-corrected chi connectivity index (χ4v) is 1.45. The Balaban J connectivity index is 2.84. The fourth-order valence-electron chi connectivity index (χ4n) is 1.12. The highest BCUT2D eigenvalue weighted by atomic mass is 79.9. The Morgan fingerprint density at radius 3 is 2.50 bits per heavy atom. The first kappa shape index (κ1) is 11.5. The first-order valence-electron chi connectivity index (χ1n) is 3.99. The van der Waals surface area contributed by atoms with E-state index in [0.717, 1.165) is 0 Å². The third-order valence-corrected chi connectivity index (χ3v) is 2.29. The average Bonchev–Trinajstić information content (AvgIpc) is 2.01. The smallest absolute Gasteiger partial charge is 0.240 e. The highest BCUT2D eigenvalue weighted by Crippen LogP contribution is 2.23. The van der Waals surface area contributed by atoms with Gasteiger partial charge in [-0.3, -0.25) is 0 Å². The van der Waals surface area contributed by atoms with Crippen molar-refractivity contribution in [2.45, 2.75) is 18.9 Å². The molecule has 0 bridgehead atoms. The molecule has 1 nitrogen and oxygen atoms in total. The van der Waals surface area contributed by atoms with Crippen molar-refractivity contribution in [1.82, 2.24) is 0 Å². The molecule has 0 unspecified atom stereocenters. The van der Waals surface area contributed by atoms with E-state index in [1.807, 2.05) is 0 Å². The van der Waals surface area contributed by atoms with Gasteiger partial charge in [-0.2, -0.15) is 0 Å². The van der Waals surface area contributed by atoms with E-state index >= 15 is 0 Å². The van der Waals surface area contributed by atoms with E-state index < -0.39 is 24.7 Å². The van der Waals surface area contributed by atoms with Crippen molar-refractivity contribution in [3.8, 4) is 0 Å². The Bertz CT molecular complexity index is 317. The molecule has 0 radical (unpaired) electrons. The number of hydrogen-bond donors (Lipinski definition) is 1. The molecule has 0 saturated heterocycles. The van der Waals surface area contributed by atoms with Gasteiger partial charge < -0.3 is 5.73 Å². The van der Waals surface area contributed by atoms with E-state index in [1.165, 1.54) is 12.1 Å². The zero-order chi connectivity index (χ0) is 10.7. The Morgan fingerprint density at radius 1 is 1.36 bits per heavy atom. The average molecular weight is 268 g/mol. The maximum atomic E-state index is 13.2. The molecular weight excluding hydrogens is 259 g/mol. The van der Waals surface area contributed by atoms with Crippen molar-refractivity contribution in [1.29, 1.82) is 0 Å². The third kappa shape index (κ3) is 2.99. The number of benzene rings is 1. The van der Waals surface area contributed by atoms with Crippen molar-refractivity contribution in [2.75, 3.05) is 0 Å². The molecule has 78 valence electrons. The molecule has 0 aliphatic heterocycles. The van der Waals surface area contributed by atoms with Gasteiger partial charge in [-0.25, -0.2) is 13.2 Å². The van der Waals surface area contributed by atoms with Crippen LogP contribution >= 0.6 is 15.9 Å². The minimum Gasteiger partial charge on any atom is -0.324 e. The summed E-state index contributed by atoms with van der Waals surface area (Å²) in [6.07, 6.45) is -3.05. The van der Waals surface area contributed by atoms with Gasteiger partial charge in [-0.1, -0.05) is 22.0 Å². The molecule has 14 heavy (non-hydrogen) atoms. The van der Waals surface area contributed by atoms with Gasteiger partial charge in [0.05, 0.1) is 0 Å². The van der Waals surface area contributed by atoms with Gasteiger partial charge >= 0.3 is 0 Å². The van der Waals surface area contributed by atoms with Crippen LogP contribution in [0.5, 0.6) is 0 Å². The summed E-state index contributed by atoms with van der Waals surface area (Å²) < 4.78 is 37.7. The van der Waals surface area contributed by atoms with Crippen molar-refractivity contribution >= 4 is 15.9 Å². The first-order valence-corrected chi connectivity index (χ1v) is 4.78. The van der Waals surface area contributed by atoms with Crippen molar-refractivity contribution in [3.63, 3.8) is 0 Å². The predicted molar refractivity (Wildman–Crippen MR) is 51.6 cm³/mol. The molecule has 1 rings (SSSR count). The lowest BCUT2D eigenvalue weighted by Gasteiger charge is -2.12. The predicted octanol–water partition coefficient (Wildman–Crippen LogP) is 3.24. The molecule has 2 N–H and O–H groups in total. The topological polar surface area (TPSA) is 26.0 Å². The molecule has 0 aliphatic rings. The van der Waals surface area contributed by atoms with E-state index in [2.05, 4.69) is 15.9 Å². The second kappa shape index (κ2) is 4.79. The molecule has 0 aromatic heterocycles. The van der Waals surface area contributed by atoms with Gasteiger partial charge in [0.2, 0.25) is 6.43 Å². The fraction of sp³-hybridized carbons (Fsp3) is 0.333. The Morgan fingerprint density at radius 2 is 2.00 bits per heavy atom. The molecule has 1 atom stereocenters. The van der Waals surface area contributed by atoms with Crippen molar-refractivity contribution < 1.29 is 13.2 Å². The lowest BCUT2D eigenvalue weighted by Crippen LogP contribution is -2.15. The Labute approximate surface area is 88.2 Å². The molecule has 0 saturated carbocycles. The second-order valence-electron chi connectivity index (χ2n) is 2.90. The minimum absolute atomic E-state index is 0.119. The van der Waals surface area contributed by atoms with Crippen LogP contribution in [0, 0.1) is 5.82 Å². The van der Waals surface area contributed by atoms with Crippen LogP contribution in [0.15, 0.2) is 22.7 Å². The maximum Gasteiger partial charge on any atom is 0.240 e. The van der Waals surface area contributed by atoms with Crippen LogP contribution < -0.4 is 5.73 Å². The standard InChI is InChI=1S/C9H9BrF3N/c10-5-1-2-6(7(11)3-5)8(14)4-9(12)13/h1-3,8-9H,4,14H2/t8-/m1/s1. The Hall–Kier alpha value is -0.550. The first-order chi connectivity index (χ1) is 6.50. The molecule has 0 fully saturated rings. The number of alkyl halides is 2. The van der Waals surface area contributed by atoms with Gasteiger partial charge in [0.1, 0.15) is 5.82 Å². The van der Waals surface area contributed by atoms with Crippen LogP contribution in [0.3, 0.4) is 0 Å². The van der Waals surface area contributed by atoms with Crippen LogP contribution in [0.4, 0.5) is 13.2 Å². The summed E-state index contributed by atoms with van der Waals surface area (Å²) in [5.74, 6) is -0.562. The maximum absolute atomic E-state index is 13.2. The minimum atomic E-state index is -2.52. The van der Waals surface area contributed by atoms with E-state index in [-0.39, 0.29) is 5.56 Å². The number of rotatable bonds is 3. The third-order valence-electron chi connectivity index (χ3n) is 1.79. The zero-order valence-electron chi connectivity index (χ0n) is 7.18. The van der Waals surface area contributed by atoms with Crippen LogP contribution in [0.25, 0.3) is 0 Å². The molecule has 1 aromatic carbocycles. The van der Waals surface area contributed by atoms with Crippen molar-refractivity contribution in [3.05, 3.63) is 34.1 Å². The second-order valence-corrected chi connectivity index (χ2v) is 3.81. The molecular formula is C9H9BrF3N. The van der Waals surface area contributed by atoms with E-state index in [0.29, 0.717) is 4.47 Å². The molecule has 0 aliphatic carbocycles. The Kier molecular flexibility index (Phi) is 3.95. The van der Waals surface area contributed by atoms with Gasteiger partial charge in [0.15, 0.2) is 0 Å². The van der Waals surface area contributed by atoms with Crippen molar-refractivity contribution in [2.24, 2.45) is 5.73 Å². The summed E-state index contributed by atoms with van der Waals surface area (Å²) in [5.41, 5.74) is 5.53. The summed E-state index contributed by atoms with van der Waals surface area (Å²) in [4.78, 5) is 0. The summed E-state index contributed by atoms with van der Waals surface area (Å²) in [7, 11) is 0. The van der Waals surface area contributed by atoms with Gasteiger partial charge in [-0.05, 0) is 12.1 Å². The van der Waals surface area contributed by atoms with Gasteiger partial charge in [-0.15, -0.1) is 0 Å². The highest BCUT2D eigenvalue weighted by Gasteiger charge is 2.16. The van der Waals surface area contributed by atoms with Crippen LogP contribution in [-0.4, -0.2) is 6.43 Å². The lowest BCUT2D eigenvalue weighted by molar-refractivity contribution is 0.128. The van der Waals surface area contributed by atoms with E-state index in [9.17, 15) is 13.2 Å². The zero-order valence-corrected chi connectivity index (χ0v) is 8.77. The van der Waals surface area contributed by atoms with Gasteiger partial charge in [0, 0.05) is 22.5 Å². The van der Waals surface area contributed by atoms with E-state index in [1.54, 1.807) is 6.07 Å². The summed E-state index contributed by atoms with van der Waals surface area (Å²) in [5, 5.41) is 0.